The molecular formula is C19H17ClN4O2. The van der Waals surface area contributed by atoms with E-state index in [1.54, 1.807) is 24.3 Å². The Kier molecular flexibility index (Phi) is 5.66. The Morgan fingerprint density at radius 1 is 1.04 bits per heavy atom. The van der Waals surface area contributed by atoms with Crippen molar-refractivity contribution in [2.45, 2.75) is 6.54 Å². The van der Waals surface area contributed by atoms with Crippen molar-refractivity contribution in [2.75, 3.05) is 11.9 Å². The quantitative estimate of drug-likeness (QED) is 0.701. The van der Waals surface area contributed by atoms with Crippen LogP contribution in [0.3, 0.4) is 0 Å². The fourth-order valence-corrected chi connectivity index (χ4v) is 2.54. The first kappa shape index (κ1) is 17.7. The summed E-state index contributed by atoms with van der Waals surface area (Å²) in [4.78, 5) is 24.3. The van der Waals surface area contributed by atoms with Crippen LogP contribution in [-0.2, 0) is 11.3 Å². The average molecular weight is 369 g/mol. The van der Waals surface area contributed by atoms with Crippen LogP contribution in [-0.4, -0.2) is 22.2 Å². The van der Waals surface area contributed by atoms with Gasteiger partial charge in [0.25, 0.3) is 5.56 Å². The summed E-state index contributed by atoms with van der Waals surface area (Å²) >= 11 is 6.14. The van der Waals surface area contributed by atoms with Crippen molar-refractivity contribution in [2.24, 2.45) is 0 Å². The maximum atomic E-state index is 12.4. The fraction of sp³-hybridized carbons (Fsp3) is 0.105. The van der Waals surface area contributed by atoms with Gasteiger partial charge in [0.2, 0.25) is 5.91 Å². The van der Waals surface area contributed by atoms with Gasteiger partial charge >= 0.3 is 0 Å². The first-order chi connectivity index (χ1) is 12.6. The van der Waals surface area contributed by atoms with Crippen LogP contribution in [0.15, 0.2) is 71.7 Å². The molecule has 2 aromatic carbocycles. The van der Waals surface area contributed by atoms with E-state index >= 15 is 0 Å². The molecule has 0 saturated carbocycles. The van der Waals surface area contributed by atoms with E-state index < -0.39 is 5.56 Å². The molecule has 1 aromatic heterocycles. The highest BCUT2D eigenvalue weighted by Gasteiger charge is 2.11. The number of halogens is 1. The zero-order valence-electron chi connectivity index (χ0n) is 13.9. The van der Waals surface area contributed by atoms with Gasteiger partial charge in [0.15, 0.2) is 0 Å². The van der Waals surface area contributed by atoms with Crippen molar-refractivity contribution in [1.29, 1.82) is 0 Å². The molecule has 0 spiro atoms. The molecule has 2 N–H and O–H groups in total. The summed E-state index contributed by atoms with van der Waals surface area (Å²) in [5, 5.41) is 9.73. The van der Waals surface area contributed by atoms with E-state index in [0.717, 1.165) is 5.56 Å². The van der Waals surface area contributed by atoms with Crippen molar-refractivity contribution in [3.05, 3.63) is 87.8 Å². The average Bonchev–Trinajstić information content (AvgIpc) is 2.69. The Labute approximate surface area is 155 Å². The normalized spacial score (nSPS) is 10.3. The number of benzene rings is 2. The molecule has 0 radical (unpaired) electrons. The second-order valence-electron chi connectivity index (χ2n) is 5.54. The fourth-order valence-electron chi connectivity index (χ4n) is 2.34. The number of hydrogen-bond donors (Lipinski definition) is 2. The van der Waals surface area contributed by atoms with Crippen LogP contribution < -0.4 is 16.2 Å². The Balaban J connectivity index is 1.62. The van der Waals surface area contributed by atoms with Gasteiger partial charge in [-0.2, -0.15) is 9.78 Å². The molecule has 0 aliphatic rings. The first-order valence-electron chi connectivity index (χ1n) is 8.03. The third-order valence-corrected chi connectivity index (χ3v) is 4.06. The molecular weight excluding hydrogens is 352 g/mol. The topological polar surface area (TPSA) is 76.0 Å². The predicted octanol–water partition coefficient (Wildman–Crippen LogP) is 2.61. The van der Waals surface area contributed by atoms with Crippen molar-refractivity contribution in [3.8, 4) is 5.69 Å². The Hall–Kier alpha value is -3.12. The van der Waals surface area contributed by atoms with Gasteiger partial charge in [-0.25, -0.2) is 0 Å². The summed E-state index contributed by atoms with van der Waals surface area (Å²) in [7, 11) is 0. The van der Waals surface area contributed by atoms with Crippen molar-refractivity contribution in [3.63, 3.8) is 0 Å². The second kappa shape index (κ2) is 8.31. The van der Waals surface area contributed by atoms with Crippen LogP contribution in [0.4, 0.5) is 5.69 Å². The summed E-state index contributed by atoms with van der Waals surface area (Å²) in [6.07, 6.45) is 1.43. The number of nitrogens with zero attached hydrogens (tertiary/aromatic N) is 2. The molecule has 3 aromatic rings. The van der Waals surface area contributed by atoms with Gasteiger partial charge in [0.05, 0.1) is 24.1 Å². The minimum atomic E-state index is -0.451. The van der Waals surface area contributed by atoms with Gasteiger partial charge in [-0.1, -0.05) is 60.1 Å². The lowest BCUT2D eigenvalue weighted by molar-refractivity contribution is -0.119. The van der Waals surface area contributed by atoms with Crippen LogP contribution in [0.5, 0.6) is 0 Å². The van der Waals surface area contributed by atoms with Crippen molar-refractivity contribution in [1.82, 2.24) is 15.1 Å². The van der Waals surface area contributed by atoms with Gasteiger partial charge in [-0.05, 0) is 17.7 Å². The predicted molar refractivity (Wildman–Crippen MR) is 102 cm³/mol. The van der Waals surface area contributed by atoms with Gasteiger partial charge in [-0.3, -0.25) is 9.59 Å². The molecule has 1 heterocycles. The molecule has 26 heavy (non-hydrogen) atoms. The number of para-hydroxylation sites is 1. The summed E-state index contributed by atoms with van der Waals surface area (Å²) in [6, 6.07) is 18.6. The van der Waals surface area contributed by atoms with Gasteiger partial charge in [0, 0.05) is 6.54 Å². The number of amides is 1. The molecule has 132 valence electrons. The molecule has 0 aliphatic heterocycles. The van der Waals surface area contributed by atoms with E-state index in [4.69, 9.17) is 11.6 Å². The number of rotatable bonds is 6. The van der Waals surface area contributed by atoms with E-state index in [2.05, 4.69) is 15.7 Å². The van der Waals surface area contributed by atoms with E-state index in [-0.39, 0.29) is 17.5 Å². The highest BCUT2D eigenvalue weighted by atomic mass is 35.5. The SMILES string of the molecule is O=C(CNc1cnn(-c2ccccc2)c(=O)c1Cl)NCc1ccccc1. The molecule has 0 unspecified atom stereocenters. The number of nitrogens with one attached hydrogen (secondary N) is 2. The molecule has 6 nitrogen and oxygen atoms in total. The van der Waals surface area contributed by atoms with Crippen LogP contribution in [0, 0.1) is 0 Å². The second-order valence-corrected chi connectivity index (χ2v) is 5.92. The molecule has 0 atom stereocenters. The monoisotopic (exact) mass is 368 g/mol. The van der Waals surface area contributed by atoms with Crippen LogP contribution >= 0.6 is 11.6 Å². The molecule has 0 saturated heterocycles. The first-order valence-corrected chi connectivity index (χ1v) is 8.40. The molecule has 0 fully saturated rings. The van der Waals surface area contributed by atoms with Gasteiger partial charge < -0.3 is 10.6 Å². The largest absolute Gasteiger partial charge is 0.373 e. The lowest BCUT2D eigenvalue weighted by Crippen LogP contribution is -2.30. The van der Waals surface area contributed by atoms with Crippen LogP contribution in [0.1, 0.15) is 5.56 Å². The molecule has 0 aliphatic carbocycles. The Morgan fingerprint density at radius 2 is 1.69 bits per heavy atom. The van der Waals surface area contributed by atoms with E-state index in [0.29, 0.717) is 17.9 Å². The smallest absolute Gasteiger partial charge is 0.292 e. The molecule has 3 rings (SSSR count). The lowest BCUT2D eigenvalue weighted by atomic mass is 10.2. The minimum Gasteiger partial charge on any atom is -0.373 e. The summed E-state index contributed by atoms with van der Waals surface area (Å²) < 4.78 is 1.21. The van der Waals surface area contributed by atoms with Gasteiger partial charge in [-0.15, -0.1) is 0 Å². The standard InChI is InChI=1S/C19H17ClN4O2/c20-18-16(12-23-24(19(18)26)15-9-5-2-6-10-15)21-13-17(25)22-11-14-7-3-1-4-8-14/h1-10,12,21H,11,13H2,(H,22,25). The zero-order valence-corrected chi connectivity index (χ0v) is 14.6. The lowest BCUT2D eigenvalue weighted by Gasteiger charge is -2.10. The minimum absolute atomic E-state index is 0.0109. The number of hydrogen-bond acceptors (Lipinski definition) is 4. The number of carbonyl (C=O) groups is 1. The maximum absolute atomic E-state index is 12.4. The highest BCUT2D eigenvalue weighted by Crippen LogP contribution is 2.16. The van der Waals surface area contributed by atoms with Crippen molar-refractivity contribution < 1.29 is 4.79 Å². The van der Waals surface area contributed by atoms with Crippen LogP contribution in [0.25, 0.3) is 5.69 Å². The van der Waals surface area contributed by atoms with E-state index in [1.807, 2.05) is 36.4 Å². The Morgan fingerprint density at radius 3 is 2.38 bits per heavy atom. The van der Waals surface area contributed by atoms with Gasteiger partial charge in [0.1, 0.15) is 5.02 Å². The summed E-state index contributed by atoms with van der Waals surface area (Å²) in [5.41, 5.74) is 1.49. The Bertz CT molecular complexity index is 943. The maximum Gasteiger partial charge on any atom is 0.292 e. The zero-order chi connectivity index (χ0) is 18.4. The number of carbonyl (C=O) groups excluding carboxylic acids is 1. The van der Waals surface area contributed by atoms with E-state index in [1.165, 1.54) is 10.9 Å². The molecule has 7 heteroatoms. The number of aromatic nitrogens is 2. The van der Waals surface area contributed by atoms with Crippen LogP contribution in [0.2, 0.25) is 5.02 Å². The van der Waals surface area contributed by atoms with Crippen molar-refractivity contribution >= 4 is 23.2 Å². The summed E-state index contributed by atoms with van der Waals surface area (Å²) in [5.74, 6) is -0.211. The summed E-state index contributed by atoms with van der Waals surface area (Å²) in [6.45, 7) is 0.423. The highest BCUT2D eigenvalue weighted by molar-refractivity contribution is 6.33. The third kappa shape index (κ3) is 4.29. The number of anilines is 1. The van der Waals surface area contributed by atoms with E-state index in [9.17, 15) is 9.59 Å². The molecule has 1 amide bonds. The third-order valence-electron chi connectivity index (χ3n) is 3.69. The molecule has 0 bridgehead atoms.